The molecule has 0 saturated carbocycles. The number of hydrogen-bond acceptors (Lipinski definition) is 6. The fourth-order valence-corrected chi connectivity index (χ4v) is 4.34. The molecule has 31 heavy (non-hydrogen) atoms. The van der Waals surface area contributed by atoms with Crippen molar-refractivity contribution in [2.24, 2.45) is 0 Å². The van der Waals surface area contributed by atoms with Crippen LogP contribution in [0.4, 0.5) is 24.5 Å². The van der Waals surface area contributed by atoms with Gasteiger partial charge in [-0.1, -0.05) is 0 Å². The lowest BCUT2D eigenvalue weighted by Crippen LogP contribution is -2.40. The molecular weight excluding hydrogens is 439 g/mol. The first-order chi connectivity index (χ1) is 14.8. The van der Waals surface area contributed by atoms with Crippen LogP contribution in [0, 0.1) is 5.82 Å². The number of rotatable bonds is 8. The number of alkyl halides is 2. The van der Waals surface area contributed by atoms with Crippen molar-refractivity contribution >= 4 is 27.3 Å². The highest BCUT2D eigenvalue weighted by atomic mass is 32.2. The van der Waals surface area contributed by atoms with Crippen molar-refractivity contribution in [2.75, 3.05) is 43.5 Å². The molecule has 1 fully saturated rings. The Balaban J connectivity index is 1.61. The molecule has 0 spiro atoms. The summed E-state index contributed by atoms with van der Waals surface area (Å²) in [7, 11) is -4.04. The first kappa shape index (κ1) is 22.8. The van der Waals surface area contributed by atoms with Gasteiger partial charge in [0, 0.05) is 24.5 Å². The van der Waals surface area contributed by atoms with Gasteiger partial charge in [-0.25, -0.2) is 12.8 Å². The maximum Gasteiger partial charge on any atom is 0.387 e. The molecule has 168 valence electrons. The van der Waals surface area contributed by atoms with Crippen LogP contribution < -0.4 is 15.4 Å². The molecule has 2 aromatic rings. The summed E-state index contributed by atoms with van der Waals surface area (Å²) in [6.07, 6.45) is 0. The predicted octanol–water partition coefficient (Wildman–Crippen LogP) is 2.50. The topological polar surface area (TPSA) is 97.0 Å². The zero-order chi connectivity index (χ0) is 22.4. The number of nitrogens with zero attached hydrogens (tertiary/aromatic N) is 1. The van der Waals surface area contributed by atoms with Gasteiger partial charge in [0.15, 0.2) is 0 Å². The zero-order valence-electron chi connectivity index (χ0n) is 16.2. The molecule has 1 amide bonds. The van der Waals surface area contributed by atoms with Gasteiger partial charge in [0.25, 0.3) is 0 Å². The lowest BCUT2D eigenvalue weighted by molar-refractivity contribution is -0.114. The standard InChI is InChI=1S/C19H20F3N3O5S/c20-16-6-3-14(11-17(16)31(27,28)25-7-9-29-10-8-25)23-12-18(26)24-13-1-4-15(5-2-13)30-19(21)22/h1-6,11,19,23H,7-10,12H2,(H,24,26). The number of halogens is 3. The van der Waals surface area contributed by atoms with Crippen molar-refractivity contribution in [2.45, 2.75) is 11.5 Å². The molecular formula is C19H20F3N3O5S. The van der Waals surface area contributed by atoms with Gasteiger partial charge in [-0.2, -0.15) is 13.1 Å². The van der Waals surface area contributed by atoms with E-state index in [1.807, 2.05) is 0 Å². The third-order valence-corrected chi connectivity index (χ3v) is 6.25. The Morgan fingerprint density at radius 3 is 2.39 bits per heavy atom. The summed E-state index contributed by atoms with van der Waals surface area (Å²) >= 11 is 0. The van der Waals surface area contributed by atoms with E-state index in [-0.39, 0.29) is 44.3 Å². The van der Waals surface area contributed by atoms with Crippen molar-refractivity contribution < 1.29 is 35.9 Å². The van der Waals surface area contributed by atoms with Crippen molar-refractivity contribution in [1.29, 1.82) is 0 Å². The van der Waals surface area contributed by atoms with Gasteiger partial charge in [-0.15, -0.1) is 0 Å². The molecule has 8 nitrogen and oxygen atoms in total. The highest BCUT2D eigenvalue weighted by molar-refractivity contribution is 7.89. The molecule has 2 N–H and O–H groups in total. The number of amides is 1. The summed E-state index contributed by atoms with van der Waals surface area (Å²) < 4.78 is 74.4. The second-order valence-corrected chi connectivity index (χ2v) is 8.37. The van der Waals surface area contributed by atoms with E-state index < -0.39 is 33.3 Å². The number of morpholine rings is 1. The molecule has 0 aliphatic carbocycles. The van der Waals surface area contributed by atoms with E-state index in [2.05, 4.69) is 15.4 Å². The average Bonchev–Trinajstić information content (AvgIpc) is 2.74. The SMILES string of the molecule is O=C(CNc1ccc(F)c(S(=O)(=O)N2CCOCC2)c1)Nc1ccc(OC(F)F)cc1. The molecule has 0 unspecified atom stereocenters. The summed E-state index contributed by atoms with van der Waals surface area (Å²) in [5.41, 5.74) is 0.590. The van der Waals surface area contributed by atoms with Crippen LogP contribution >= 0.6 is 0 Å². The van der Waals surface area contributed by atoms with Gasteiger partial charge in [-0.05, 0) is 42.5 Å². The molecule has 0 bridgehead atoms. The van der Waals surface area contributed by atoms with Crippen molar-refractivity contribution in [3.05, 3.63) is 48.3 Å². The molecule has 0 atom stereocenters. The maximum absolute atomic E-state index is 14.2. The lowest BCUT2D eigenvalue weighted by atomic mass is 10.3. The number of ether oxygens (including phenoxy) is 2. The number of carbonyl (C=O) groups excluding carboxylic acids is 1. The van der Waals surface area contributed by atoms with E-state index >= 15 is 0 Å². The smallest absolute Gasteiger partial charge is 0.387 e. The van der Waals surface area contributed by atoms with Gasteiger partial charge in [-0.3, -0.25) is 4.79 Å². The second kappa shape index (κ2) is 9.98. The van der Waals surface area contributed by atoms with Crippen LogP contribution in [0.25, 0.3) is 0 Å². The van der Waals surface area contributed by atoms with Gasteiger partial charge >= 0.3 is 6.61 Å². The molecule has 12 heteroatoms. The molecule has 1 aliphatic heterocycles. The Labute approximate surface area is 177 Å². The number of anilines is 2. The van der Waals surface area contributed by atoms with E-state index in [0.717, 1.165) is 16.4 Å². The highest BCUT2D eigenvalue weighted by Gasteiger charge is 2.29. The summed E-state index contributed by atoms with van der Waals surface area (Å²) in [5.74, 6) is -1.43. The molecule has 1 heterocycles. The molecule has 0 radical (unpaired) electrons. The van der Waals surface area contributed by atoms with Crippen LogP contribution in [0.2, 0.25) is 0 Å². The summed E-state index contributed by atoms with van der Waals surface area (Å²) in [5, 5.41) is 5.28. The molecule has 3 rings (SSSR count). The highest BCUT2D eigenvalue weighted by Crippen LogP contribution is 2.24. The first-order valence-corrected chi connectivity index (χ1v) is 10.7. The van der Waals surface area contributed by atoms with Gasteiger partial charge in [0.05, 0.1) is 19.8 Å². The lowest BCUT2D eigenvalue weighted by Gasteiger charge is -2.26. The third-order valence-electron chi connectivity index (χ3n) is 4.34. The molecule has 2 aromatic carbocycles. The minimum absolute atomic E-state index is 0.0496. The predicted molar refractivity (Wildman–Crippen MR) is 106 cm³/mol. The van der Waals surface area contributed by atoms with Crippen LogP contribution in [0.1, 0.15) is 0 Å². The maximum atomic E-state index is 14.2. The Hall–Kier alpha value is -2.83. The normalized spacial score (nSPS) is 15.0. The monoisotopic (exact) mass is 459 g/mol. The summed E-state index contributed by atoms with van der Waals surface area (Å²) in [4.78, 5) is 11.6. The minimum atomic E-state index is -4.04. The Morgan fingerprint density at radius 1 is 1.10 bits per heavy atom. The van der Waals surface area contributed by atoms with Gasteiger partial charge in [0.2, 0.25) is 15.9 Å². The minimum Gasteiger partial charge on any atom is -0.435 e. The second-order valence-electron chi connectivity index (χ2n) is 6.47. The Bertz CT molecular complexity index is 1010. The number of nitrogens with one attached hydrogen (secondary N) is 2. The van der Waals surface area contributed by atoms with Crippen molar-refractivity contribution in [3.63, 3.8) is 0 Å². The Kier molecular flexibility index (Phi) is 7.36. The van der Waals surface area contributed by atoms with Crippen LogP contribution in [0.3, 0.4) is 0 Å². The van der Waals surface area contributed by atoms with Gasteiger partial charge < -0.3 is 20.1 Å². The van der Waals surface area contributed by atoms with E-state index in [0.29, 0.717) is 5.69 Å². The van der Waals surface area contributed by atoms with Crippen LogP contribution in [0.5, 0.6) is 5.75 Å². The summed E-state index contributed by atoms with van der Waals surface area (Å²) in [6.45, 7) is -2.47. The van der Waals surface area contributed by atoms with Crippen LogP contribution in [-0.2, 0) is 19.6 Å². The van der Waals surface area contributed by atoms with Crippen LogP contribution in [-0.4, -0.2) is 58.1 Å². The van der Waals surface area contributed by atoms with E-state index in [9.17, 15) is 26.4 Å². The fraction of sp³-hybridized carbons (Fsp3) is 0.316. The van der Waals surface area contributed by atoms with Crippen molar-refractivity contribution in [1.82, 2.24) is 4.31 Å². The molecule has 1 saturated heterocycles. The van der Waals surface area contributed by atoms with E-state index in [1.54, 1.807) is 0 Å². The molecule has 1 aliphatic rings. The van der Waals surface area contributed by atoms with Crippen LogP contribution in [0.15, 0.2) is 47.4 Å². The zero-order valence-corrected chi connectivity index (χ0v) is 17.0. The molecule has 0 aromatic heterocycles. The summed E-state index contributed by atoms with van der Waals surface area (Å²) in [6, 6.07) is 8.79. The average molecular weight is 459 g/mol. The van der Waals surface area contributed by atoms with Gasteiger partial charge in [0.1, 0.15) is 16.5 Å². The number of sulfonamides is 1. The number of benzene rings is 2. The number of hydrogen-bond donors (Lipinski definition) is 2. The largest absolute Gasteiger partial charge is 0.435 e. The van der Waals surface area contributed by atoms with Crippen molar-refractivity contribution in [3.8, 4) is 5.75 Å². The number of carbonyl (C=O) groups is 1. The third kappa shape index (κ3) is 6.09. The van der Waals surface area contributed by atoms with E-state index in [4.69, 9.17) is 4.74 Å². The quantitative estimate of drug-likeness (QED) is 0.630. The van der Waals surface area contributed by atoms with E-state index in [1.165, 1.54) is 30.3 Å². The first-order valence-electron chi connectivity index (χ1n) is 9.22. The Morgan fingerprint density at radius 2 is 1.74 bits per heavy atom. The fourth-order valence-electron chi connectivity index (χ4n) is 2.84.